The predicted molar refractivity (Wildman–Crippen MR) is 98.3 cm³/mol. The zero-order chi connectivity index (χ0) is 17.0. The SMILES string of the molecule is CCNC(=NCCOC1CCCCCC1)NCCc1cnn(C)c1. The van der Waals surface area contributed by atoms with Crippen molar-refractivity contribution >= 4 is 5.96 Å². The molecule has 2 rings (SSSR count). The molecule has 6 heteroatoms. The third kappa shape index (κ3) is 7.34. The van der Waals surface area contributed by atoms with Gasteiger partial charge in [-0.1, -0.05) is 25.7 Å². The van der Waals surface area contributed by atoms with Gasteiger partial charge in [0.2, 0.25) is 0 Å². The average Bonchev–Trinajstić information content (AvgIpc) is 2.83. The summed E-state index contributed by atoms with van der Waals surface area (Å²) in [5.74, 6) is 0.867. The van der Waals surface area contributed by atoms with Gasteiger partial charge in [0.1, 0.15) is 0 Å². The van der Waals surface area contributed by atoms with Crippen LogP contribution in [-0.2, 0) is 18.2 Å². The molecule has 136 valence electrons. The molecule has 0 unspecified atom stereocenters. The number of hydrogen-bond donors (Lipinski definition) is 2. The van der Waals surface area contributed by atoms with Gasteiger partial charge in [-0.05, 0) is 31.7 Å². The van der Waals surface area contributed by atoms with Gasteiger partial charge in [-0.15, -0.1) is 0 Å². The second kappa shape index (κ2) is 11.1. The first kappa shape index (κ1) is 18.8. The Morgan fingerprint density at radius 3 is 2.75 bits per heavy atom. The van der Waals surface area contributed by atoms with Gasteiger partial charge in [0.05, 0.1) is 25.5 Å². The van der Waals surface area contributed by atoms with E-state index in [4.69, 9.17) is 4.74 Å². The quantitative estimate of drug-likeness (QED) is 0.331. The number of aliphatic imine (C=N–C) groups is 1. The number of ether oxygens (including phenoxy) is 1. The lowest BCUT2D eigenvalue weighted by molar-refractivity contribution is 0.0487. The Morgan fingerprint density at radius 1 is 1.29 bits per heavy atom. The van der Waals surface area contributed by atoms with Crippen molar-refractivity contribution in [2.24, 2.45) is 12.0 Å². The number of aryl methyl sites for hydroxylation is 1. The lowest BCUT2D eigenvalue weighted by Gasteiger charge is -2.15. The highest BCUT2D eigenvalue weighted by molar-refractivity contribution is 5.79. The minimum absolute atomic E-state index is 0.448. The fourth-order valence-electron chi connectivity index (χ4n) is 3.05. The third-order valence-electron chi connectivity index (χ3n) is 4.33. The summed E-state index contributed by atoms with van der Waals surface area (Å²) in [6.45, 7) is 5.21. The van der Waals surface area contributed by atoms with Gasteiger partial charge >= 0.3 is 0 Å². The fourth-order valence-corrected chi connectivity index (χ4v) is 3.05. The standard InChI is InChI=1S/C18H33N5O/c1-3-19-18(20-11-10-16-14-22-23(2)15-16)21-12-13-24-17-8-6-4-5-7-9-17/h14-15,17H,3-13H2,1-2H3,(H2,19,20,21). The van der Waals surface area contributed by atoms with Gasteiger partial charge in [0, 0.05) is 26.3 Å². The summed E-state index contributed by atoms with van der Waals surface area (Å²) in [5, 5.41) is 10.8. The zero-order valence-corrected chi connectivity index (χ0v) is 15.3. The molecule has 1 aliphatic rings. The first-order valence-corrected chi connectivity index (χ1v) is 9.39. The van der Waals surface area contributed by atoms with Crippen LogP contribution >= 0.6 is 0 Å². The predicted octanol–water partition coefficient (Wildman–Crippen LogP) is 2.26. The monoisotopic (exact) mass is 335 g/mol. The van der Waals surface area contributed by atoms with Crippen molar-refractivity contribution in [1.82, 2.24) is 20.4 Å². The molecule has 1 aliphatic carbocycles. The van der Waals surface area contributed by atoms with Crippen molar-refractivity contribution in [2.75, 3.05) is 26.2 Å². The van der Waals surface area contributed by atoms with Gasteiger partial charge in [-0.2, -0.15) is 5.10 Å². The van der Waals surface area contributed by atoms with Crippen molar-refractivity contribution in [3.05, 3.63) is 18.0 Å². The highest BCUT2D eigenvalue weighted by Gasteiger charge is 2.11. The van der Waals surface area contributed by atoms with E-state index in [0.29, 0.717) is 19.3 Å². The van der Waals surface area contributed by atoms with E-state index in [1.54, 1.807) is 0 Å². The number of guanidine groups is 1. The Kier molecular flexibility index (Phi) is 8.66. The van der Waals surface area contributed by atoms with Gasteiger partial charge in [0.25, 0.3) is 0 Å². The summed E-state index contributed by atoms with van der Waals surface area (Å²) >= 11 is 0. The van der Waals surface area contributed by atoms with Crippen molar-refractivity contribution in [1.29, 1.82) is 0 Å². The first-order chi connectivity index (χ1) is 11.8. The minimum atomic E-state index is 0.448. The van der Waals surface area contributed by atoms with Crippen molar-refractivity contribution < 1.29 is 4.74 Å². The van der Waals surface area contributed by atoms with Gasteiger partial charge in [-0.25, -0.2) is 0 Å². The molecule has 0 spiro atoms. The van der Waals surface area contributed by atoms with Gasteiger partial charge < -0.3 is 15.4 Å². The Labute approximate surface area is 146 Å². The lowest BCUT2D eigenvalue weighted by Crippen LogP contribution is -2.38. The molecular weight excluding hydrogens is 302 g/mol. The summed E-state index contributed by atoms with van der Waals surface area (Å²) in [6.07, 6.45) is 13.1. The van der Waals surface area contributed by atoms with Gasteiger partial charge in [0.15, 0.2) is 5.96 Å². The van der Waals surface area contributed by atoms with Crippen LogP contribution in [0.2, 0.25) is 0 Å². The summed E-state index contributed by atoms with van der Waals surface area (Å²) < 4.78 is 7.83. The molecule has 1 aromatic rings. The second-order valence-corrected chi connectivity index (χ2v) is 6.44. The highest BCUT2D eigenvalue weighted by atomic mass is 16.5. The third-order valence-corrected chi connectivity index (χ3v) is 4.33. The van der Waals surface area contributed by atoms with E-state index in [-0.39, 0.29) is 0 Å². The van der Waals surface area contributed by atoms with E-state index >= 15 is 0 Å². The molecule has 0 amide bonds. The van der Waals surface area contributed by atoms with E-state index in [1.807, 2.05) is 24.1 Å². The Bertz CT molecular complexity index is 478. The summed E-state index contributed by atoms with van der Waals surface area (Å²) in [7, 11) is 1.94. The van der Waals surface area contributed by atoms with Crippen LogP contribution in [0, 0.1) is 0 Å². The van der Waals surface area contributed by atoms with Crippen molar-refractivity contribution in [2.45, 2.75) is 58.0 Å². The smallest absolute Gasteiger partial charge is 0.191 e. The minimum Gasteiger partial charge on any atom is -0.376 e. The average molecular weight is 335 g/mol. The zero-order valence-electron chi connectivity index (χ0n) is 15.3. The van der Waals surface area contributed by atoms with Crippen LogP contribution in [0.1, 0.15) is 51.0 Å². The maximum absolute atomic E-state index is 5.99. The molecule has 1 heterocycles. The molecular formula is C18H33N5O. The molecule has 0 radical (unpaired) electrons. The van der Waals surface area contributed by atoms with Crippen LogP contribution in [0.4, 0.5) is 0 Å². The second-order valence-electron chi connectivity index (χ2n) is 6.44. The van der Waals surface area contributed by atoms with Crippen LogP contribution in [-0.4, -0.2) is 48.1 Å². The molecule has 1 aromatic heterocycles. The van der Waals surface area contributed by atoms with E-state index < -0.39 is 0 Å². The Balaban J connectivity index is 1.65. The normalized spacial score (nSPS) is 16.8. The van der Waals surface area contributed by atoms with E-state index in [1.165, 1.54) is 44.1 Å². The fraction of sp³-hybridized carbons (Fsp3) is 0.778. The molecule has 0 aliphatic heterocycles. The first-order valence-electron chi connectivity index (χ1n) is 9.39. The van der Waals surface area contributed by atoms with Crippen molar-refractivity contribution in [3.63, 3.8) is 0 Å². The topological polar surface area (TPSA) is 63.5 Å². The molecule has 2 N–H and O–H groups in total. The maximum atomic E-state index is 5.99. The summed E-state index contributed by atoms with van der Waals surface area (Å²) in [4.78, 5) is 4.61. The summed E-state index contributed by atoms with van der Waals surface area (Å²) in [6, 6.07) is 0. The van der Waals surface area contributed by atoms with Crippen LogP contribution in [0.3, 0.4) is 0 Å². The van der Waals surface area contributed by atoms with E-state index in [0.717, 1.165) is 25.5 Å². The van der Waals surface area contributed by atoms with E-state index in [2.05, 4.69) is 27.6 Å². The van der Waals surface area contributed by atoms with Crippen LogP contribution in [0.25, 0.3) is 0 Å². The molecule has 0 aromatic carbocycles. The number of rotatable bonds is 8. The lowest BCUT2D eigenvalue weighted by atomic mass is 10.1. The maximum Gasteiger partial charge on any atom is 0.191 e. The number of aromatic nitrogens is 2. The largest absolute Gasteiger partial charge is 0.376 e. The molecule has 6 nitrogen and oxygen atoms in total. The van der Waals surface area contributed by atoms with Gasteiger partial charge in [-0.3, -0.25) is 9.67 Å². The van der Waals surface area contributed by atoms with Crippen LogP contribution in [0.15, 0.2) is 17.4 Å². The molecule has 1 saturated carbocycles. The Hall–Kier alpha value is -1.56. The number of nitrogens with zero attached hydrogens (tertiary/aromatic N) is 3. The van der Waals surface area contributed by atoms with Crippen molar-refractivity contribution in [3.8, 4) is 0 Å². The molecule has 0 saturated heterocycles. The number of nitrogens with one attached hydrogen (secondary N) is 2. The van der Waals surface area contributed by atoms with E-state index in [9.17, 15) is 0 Å². The number of hydrogen-bond acceptors (Lipinski definition) is 3. The highest BCUT2D eigenvalue weighted by Crippen LogP contribution is 2.19. The Morgan fingerprint density at radius 2 is 2.08 bits per heavy atom. The van der Waals surface area contributed by atoms with Crippen LogP contribution < -0.4 is 10.6 Å². The molecule has 1 fully saturated rings. The van der Waals surface area contributed by atoms with Crippen LogP contribution in [0.5, 0.6) is 0 Å². The summed E-state index contributed by atoms with van der Waals surface area (Å²) in [5.41, 5.74) is 1.23. The molecule has 0 bridgehead atoms. The molecule has 0 atom stereocenters. The molecule has 24 heavy (non-hydrogen) atoms.